The maximum Gasteiger partial charge on any atom is 0.228 e. The Morgan fingerprint density at radius 2 is 1.68 bits per heavy atom. The summed E-state index contributed by atoms with van der Waals surface area (Å²) in [7, 11) is 3.19. The van der Waals surface area contributed by atoms with Crippen molar-refractivity contribution in [1.29, 1.82) is 0 Å². The second kappa shape index (κ2) is 6.98. The van der Waals surface area contributed by atoms with Crippen molar-refractivity contribution in [2.45, 2.75) is 20.3 Å². The minimum Gasteiger partial charge on any atom is -0.497 e. The number of rotatable bonds is 5. The average molecular weight is 299 g/mol. The third kappa shape index (κ3) is 4.01. The van der Waals surface area contributed by atoms with Gasteiger partial charge in [0.05, 0.1) is 20.6 Å². The molecule has 0 aromatic heterocycles. The van der Waals surface area contributed by atoms with Crippen molar-refractivity contribution in [3.8, 4) is 11.5 Å². The molecule has 116 valence electrons. The number of amides is 1. The van der Waals surface area contributed by atoms with Gasteiger partial charge >= 0.3 is 0 Å². The van der Waals surface area contributed by atoms with Crippen LogP contribution in [0.15, 0.2) is 36.4 Å². The van der Waals surface area contributed by atoms with E-state index in [9.17, 15) is 4.79 Å². The predicted octanol–water partition coefficient (Wildman–Crippen LogP) is 3.50. The molecule has 22 heavy (non-hydrogen) atoms. The third-order valence-electron chi connectivity index (χ3n) is 3.34. The Labute approximate surface area is 131 Å². The quantitative estimate of drug-likeness (QED) is 0.919. The van der Waals surface area contributed by atoms with Gasteiger partial charge in [-0.2, -0.15) is 0 Å². The number of hydrogen-bond donors (Lipinski definition) is 1. The van der Waals surface area contributed by atoms with Gasteiger partial charge in [0.15, 0.2) is 0 Å². The fourth-order valence-electron chi connectivity index (χ4n) is 2.45. The molecule has 0 fully saturated rings. The molecule has 0 saturated heterocycles. The van der Waals surface area contributed by atoms with Crippen molar-refractivity contribution >= 4 is 11.6 Å². The first-order valence-corrected chi connectivity index (χ1v) is 7.11. The van der Waals surface area contributed by atoms with E-state index in [4.69, 9.17) is 9.47 Å². The normalized spacial score (nSPS) is 10.2. The van der Waals surface area contributed by atoms with E-state index in [0.717, 1.165) is 22.4 Å². The summed E-state index contributed by atoms with van der Waals surface area (Å²) >= 11 is 0. The van der Waals surface area contributed by atoms with Gasteiger partial charge in [-0.25, -0.2) is 0 Å². The number of benzene rings is 2. The molecule has 4 nitrogen and oxygen atoms in total. The molecular formula is C18H21NO3. The summed E-state index contributed by atoms with van der Waals surface area (Å²) in [6.45, 7) is 4.02. The number of carbonyl (C=O) groups is 1. The minimum atomic E-state index is -0.0865. The van der Waals surface area contributed by atoms with Gasteiger partial charge in [-0.05, 0) is 55.3 Å². The second-order valence-corrected chi connectivity index (χ2v) is 5.28. The summed E-state index contributed by atoms with van der Waals surface area (Å²) in [6, 6.07) is 11.4. The van der Waals surface area contributed by atoms with Crippen molar-refractivity contribution in [2.75, 3.05) is 19.5 Å². The topological polar surface area (TPSA) is 47.6 Å². The zero-order valence-electron chi connectivity index (χ0n) is 13.4. The number of aryl methyl sites for hydroxylation is 2. The number of methoxy groups -OCH3 is 2. The van der Waals surface area contributed by atoms with Gasteiger partial charge in [0.25, 0.3) is 0 Å². The first-order chi connectivity index (χ1) is 10.5. The lowest BCUT2D eigenvalue weighted by atomic mass is 10.1. The zero-order chi connectivity index (χ0) is 16.1. The average Bonchev–Trinajstić information content (AvgIpc) is 2.45. The molecule has 0 aliphatic carbocycles. The zero-order valence-corrected chi connectivity index (χ0v) is 13.4. The number of carbonyl (C=O) groups excluding carboxylic acids is 1. The Morgan fingerprint density at radius 1 is 1.00 bits per heavy atom. The fraction of sp³-hybridized carbons (Fsp3) is 0.278. The SMILES string of the molecule is COc1ccc(OC)c(CC(=O)Nc2cc(C)cc(C)c2)c1. The fourth-order valence-corrected chi connectivity index (χ4v) is 2.45. The van der Waals surface area contributed by atoms with Gasteiger partial charge in [0, 0.05) is 11.3 Å². The molecule has 1 N–H and O–H groups in total. The van der Waals surface area contributed by atoms with Crippen LogP contribution in [-0.2, 0) is 11.2 Å². The van der Waals surface area contributed by atoms with E-state index in [2.05, 4.69) is 11.4 Å². The van der Waals surface area contributed by atoms with Crippen molar-refractivity contribution in [3.05, 3.63) is 53.1 Å². The van der Waals surface area contributed by atoms with Crippen LogP contribution < -0.4 is 14.8 Å². The summed E-state index contributed by atoms with van der Waals surface area (Å²) < 4.78 is 10.5. The molecule has 0 heterocycles. The van der Waals surface area contributed by atoms with Gasteiger partial charge in [0.2, 0.25) is 5.91 Å². The molecule has 4 heteroatoms. The van der Waals surface area contributed by atoms with Crippen LogP contribution in [0.4, 0.5) is 5.69 Å². The van der Waals surface area contributed by atoms with Gasteiger partial charge in [-0.1, -0.05) is 6.07 Å². The first kappa shape index (κ1) is 15.9. The van der Waals surface area contributed by atoms with E-state index in [0.29, 0.717) is 11.5 Å². The molecule has 2 rings (SSSR count). The molecule has 1 amide bonds. The molecule has 2 aromatic carbocycles. The molecule has 2 aromatic rings. The predicted molar refractivity (Wildman–Crippen MR) is 87.8 cm³/mol. The van der Waals surface area contributed by atoms with Crippen LogP contribution in [0.3, 0.4) is 0 Å². The highest BCUT2D eigenvalue weighted by atomic mass is 16.5. The van der Waals surface area contributed by atoms with E-state index in [-0.39, 0.29) is 12.3 Å². The molecular weight excluding hydrogens is 278 g/mol. The van der Waals surface area contributed by atoms with Crippen LogP contribution in [0.1, 0.15) is 16.7 Å². The van der Waals surface area contributed by atoms with Crippen LogP contribution in [-0.4, -0.2) is 20.1 Å². The van der Waals surface area contributed by atoms with Gasteiger partial charge < -0.3 is 14.8 Å². The largest absolute Gasteiger partial charge is 0.497 e. The van der Waals surface area contributed by atoms with Crippen LogP contribution in [0.5, 0.6) is 11.5 Å². The maximum atomic E-state index is 12.3. The van der Waals surface area contributed by atoms with Crippen LogP contribution in [0.2, 0.25) is 0 Å². The molecule has 0 radical (unpaired) electrons. The van der Waals surface area contributed by atoms with Crippen molar-refractivity contribution in [3.63, 3.8) is 0 Å². The second-order valence-electron chi connectivity index (χ2n) is 5.28. The summed E-state index contributed by atoms with van der Waals surface area (Å²) in [5.74, 6) is 1.29. The Balaban J connectivity index is 2.14. The third-order valence-corrected chi connectivity index (χ3v) is 3.34. The monoisotopic (exact) mass is 299 g/mol. The van der Waals surface area contributed by atoms with Crippen molar-refractivity contribution in [1.82, 2.24) is 0 Å². The standard InChI is InChI=1S/C18H21NO3/c1-12-7-13(2)9-15(8-12)19-18(20)11-14-10-16(21-3)5-6-17(14)22-4/h5-10H,11H2,1-4H3,(H,19,20). The van der Waals surface area contributed by atoms with E-state index in [1.54, 1.807) is 20.3 Å². The molecule has 0 unspecified atom stereocenters. The minimum absolute atomic E-state index is 0.0865. The highest BCUT2D eigenvalue weighted by molar-refractivity contribution is 5.92. The summed E-state index contributed by atoms with van der Waals surface area (Å²) in [6.07, 6.45) is 0.230. The van der Waals surface area contributed by atoms with Crippen LogP contribution in [0.25, 0.3) is 0 Å². The molecule has 0 bridgehead atoms. The molecule has 0 aliphatic heterocycles. The van der Waals surface area contributed by atoms with Crippen molar-refractivity contribution < 1.29 is 14.3 Å². The number of hydrogen-bond acceptors (Lipinski definition) is 3. The van der Waals surface area contributed by atoms with E-state index in [1.165, 1.54) is 0 Å². The van der Waals surface area contributed by atoms with E-state index < -0.39 is 0 Å². The Hall–Kier alpha value is -2.49. The summed E-state index contributed by atoms with van der Waals surface area (Å²) in [5, 5.41) is 2.93. The van der Waals surface area contributed by atoms with E-state index in [1.807, 2.05) is 38.1 Å². The smallest absolute Gasteiger partial charge is 0.228 e. The molecule has 0 aliphatic rings. The molecule has 0 atom stereocenters. The van der Waals surface area contributed by atoms with Crippen LogP contribution in [0, 0.1) is 13.8 Å². The molecule has 0 spiro atoms. The van der Waals surface area contributed by atoms with Gasteiger partial charge in [-0.15, -0.1) is 0 Å². The van der Waals surface area contributed by atoms with Gasteiger partial charge in [-0.3, -0.25) is 4.79 Å². The molecule has 0 saturated carbocycles. The van der Waals surface area contributed by atoms with Crippen molar-refractivity contribution in [2.24, 2.45) is 0 Å². The van der Waals surface area contributed by atoms with E-state index >= 15 is 0 Å². The lowest BCUT2D eigenvalue weighted by Gasteiger charge is -2.11. The Morgan fingerprint density at radius 3 is 2.27 bits per heavy atom. The Kier molecular flexibility index (Phi) is 5.04. The van der Waals surface area contributed by atoms with Crippen LogP contribution >= 0.6 is 0 Å². The maximum absolute atomic E-state index is 12.3. The lowest BCUT2D eigenvalue weighted by Crippen LogP contribution is -2.15. The summed E-state index contributed by atoms with van der Waals surface area (Å²) in [4.78, 5) is 12.3. The number of ether oxygens (including phenoxy) is 2. The van der Waals surface area contributed by atoms with Gasteiger partial charge in [0.1, 0.15) is 11.5 Å². The highest BCUT2D eigenvalue weighted by Gasteiger charge is 2.11. The highest BCUT2D eigenvalue weighted by Crippen LogP contribution is 2.25. The summed E-state index contributed by atoms with van der Waals surface area (Å²) in [5.41, 5.74) is 3.84. The number of nitrogens with one attached hydrogen (secondary N) is 1. The first-order valence-electron chi connectivity index (χ1n) is 7.11. The lowest BCUT2D eigenvalue weighted by molar-refractivity contribution is -0.115. The number of anilines is 1. The Bertz CT molecular complexity index is 660.